The van der Waals surface area contributed by atoms with Crippen molar-refractivity contribution < 1.29 is 9.90 Å². The lowest BCUT2D eigenvalue weighted by Crippen LogP contribution is -2.38. The van der Waals surface area contributed by atoms with Gasteiger partial charge in [0.05, 0.1) is 0 Å². The van der Waals surface area contributed by atoms with E-state index in [1.807, 2.05) is 4.90 Å². The summed E-state index contributed by atoms with van der Waals surface area (Å²) >= 11 is 0. The molecule has 0 aliphatic carbocycles. The number of benzene rings is 1. The Morgan fingerprint density at radius 2 is 2.05 bits per heavy atom. The van der Waals surface area contributed by atoms with E-state index in [1.54, 1.807) is 25.1 Å². The van der Waals surface area contributed by atoms with Gasteiger partial charge in [0.15, 0.2) is 0 Å². The number of carbonyl (C=O) groups excluding carboxylic acids is 1. The van der Waals surface area contributed by atoms with Crippen LogP contribution in [-0.2, 0) is 0 Å². The van der Waals surface area contributed by atoms with Gasteiger partial charge in [-0.05, 0) is 37.8 Å². The molecule has 0 atom stereocenters. The number of phenols is 1. The summed E-state index contributed by atoms with van der Waals surface area (Å²) in [6, 6.07) is 5.16. The highest BCUT2D eigenvalue weighted by Crippen LogP contribution is 2.25. The van der Waals surface area contributed by atoms with E-state index < -0.39 is 0 Å². The highest BCUT2D eigenvalue weighted by atomic mass is 16.3. The van der Waals surface area contributed by atoms with Gasteiger partial charge in [0, 0.05) is 24.2 Å². The van der Waals surface area contributed by atoms with Gasteiger partial charge in [-0.2, -0.15) is 0 Å². The highest BCUT2D eigenvalue weighted by Gasteiger charge is 2.24. The minimum atomic E-state index is 0.0587. The lowest BCUT2D eigenvalue weighted by Gasteiger charge is -2.32. The first-order valence-corrected chi connectivity index (χ1v) is 7.21. The minimum Gasteiger partial charge on any atom is -0.508 e. The van der Waals surface area contributed by atoms with Crippen LogP contribution < -0.4 is 0 Å². The summed E-state index contributed by atoms with van der Waals surface area (Å²) in [6.45, 7) is 5.71. The molecule has 0 bridgehead atoms. The molecule has 1 fully saturated rings. The third-order valence-electron chi connectivity index (χ3n) is 4.13. The summed E-state index contributed by atoms with van der Waals surface area (Å²) in [7, 11) is 0. The topological polar surface area (TPSA) is 40.5 Å². The first-order chi connectivity index (χ1) is 9.13. The highest BCUT2D eigenvalue weighted by molar-refractivity contribution is 5.96. The monoisotopic (exact) mass is 261 g/mol. The number of aromatic hydroxyl groups is 1. The van der Waals surface area contributed by atoms with Gasteiger partial charge in [0.2, 0.25) is 0 Å². The van der Waals surface area contributed by atoms with Gasteiger partial charge in [-0.1, -0.05) is 25.8 Å². The maximum absolute atomic E-state index is 12.5. The molecule has 2 rings (SSSR count). The van der Waals surface area contributed by atoms with Crippen molar-refractivity contribution in [2.75, 3.05) is 13.1 Å². The molecule has 19 heavy (non-hydrogen) atoms. The number of amides is 1. The third kappa shape index (κ3) is 3.09. The number of piperidine rings is 1. The van der Waals surface area contributed by atoms with Crippen LogP contribution in [0.1, 0.15) is 48.5 Å². The van der Waals surface area contributed by atoms with E-state index in [4.69, 9.17) is 0 Å². The summed E-state index contributed by atoms with van der Waals surface area (Å²) in [4.78, 5) is 14.4. The van der Waals surface area contributed by atoms with Crippen LogP contribution in [0.4, 0.5) is 0 Å². The minimum absolute atomic E-state index is 0.0587. The molecule has 104 valence electrons. The van der Waals surface area contributed by atoms with Crippen LogP contribution in [0.25, 0.3) is 0 Å². The van der Waals surface area contributed by atoms with E-state index >= 15 is 0 Å². The molecule has 1 heterocycles. The average Bonchev–Trinajstić information content (AvgIpc) is 2.42. The molecule has 0 spiro atoms. The van der Waals surface area contributed by atoms with Gasteiger partial charge in [-0.15, -0.1) is 0 Å². The SMILES string of the molecule is CCCC1CCN(C(=O)c2cccc(O)c2C)CC1. The van der Waals surface area contributed by atoms with Crippen LogP contribution in [0.2, 0.25) is 0 Å². The van der Waals surface area contributed by atoms with E-state index in [0.29, 0.717) is 11.1 Å². The van der Waals surface area contributed by atoms with Crippen LogP contribution in [-0.4, -0.2) is 29.0 Å². The first-order valence-electron chi connectivity index (χ1n) is 7.21. The van der Waals surface area contributed by atoms with E-state index in [0.717, 1.165) is 31.8 Å². The Bertz CT molecular complexity index is 448. The molecule has 0 unspecified atom stereocenters. The van der Waals surface area contributed by atoms with Gasteiger partial charge in [0.1, 0.15) is 5.75 Å². The molecule has 1 aromatic rings. The molecule has 1 saturated heterocycles. The van der Waals surface area contributed by atoms with E-state index in [-0.39, 0.29) is 11.7 Å². The Morgan fingerprint density at radius 3 is 2.68 bits per heavy atom. The number of likely N-dealkylation sites (tertiary alicyclic amines) is 1. The Hall–Kier alpha value is -1.51. The van der Waals surface area contributed by atoms with Crippen LogP contribution in [0, 0.1) is 12.8 Å². The van der Waals surface area contributed by atoms with Crippen LogP contribution in [0.5, 0.6) is 5.75 Å². The summed E-state index contributed by atoms with van der Waals surface area (Å²) in [5, 5.41) is 9.69. The fraction of sp³-hybridized carbons (Fsp3) is 0.562. The Balaban J connectivity index is 2.03. The summed E-state index contributed by atoms with van der Waals surface area (Å²) in [5.74, 6) is 1.04. The molecule has 3 heteroatoms. The van der Waals surface area contributed by atoms with Crippen molar-refractivity contribution in [3.8, 4) is 5.75 Å². The van der Waals surface area contributed by atoms with E-state index in [2.05, 4.69) is 6.92 Å². The van der Waals surface area contributed by atoms with Gasteiger partial charge in [0.25, 0.3) is 5.91 Å². The quantitative estimate of drug-likeness (QED) is 0.906. The molecule has 1 amide bonds. The fourth-order valence-electron chi connectivity index (χ4n) is 2.86. The molecule has 0 saturated carbocycles. The van der Waals surface area contributed by atoms with Crippen molar-refractivity contribution in [3.05, 3.63) is 29.3 Å². The normalized spacial score (nSPS) is 16.6. The summed E-state index contributed by atoms with van der Waals surface area (Å²) in [5.41, 5.74) is 1.32. The number of hydrogen-bond donors (Lipinski definition) is 1. The van der Waals surface area contributed by atoms with E-state index in [9.17, 15) is 9.90 Å². The molecule has 3 nitrogen and oxygen atoms in total. The molecule has 1 aliphatic rings. The van der Waals surface area contributed by atoms with E-state index in [1.165, 1.54) is 12.8 Å². The Kier molecular flexibility index (Phi) is 4.46. The fourth-order valence-corrected chi connectivity index (χ4v) is 2.86. The zero-order valence-corrected chi connectivity index (χ0v) is 11.9. The van der Waals surface area contributed by atoms with Gasteiger partial charge >= 0.3 is 0 Å². The lowest BCUT2D eigenvalue weighted by atomic mass is 9.92. The summed E-state index contributed by atoms with van der Waals surface area (Å²) < 4.78 is 0. The van der Waals surface area contributed by atoms with Crippen molar-refractivity contribution in [2.45, 2.75) is 39.5 Å². The molecule has 1 aromatic carbocycles. The van der Waals surface area contributed by atoms with Crippen molar-refractivity contribution in [2.24, 2.45) is 5.92 Å². The predicted molar refractivity (Wildman–Crippen MR) is 76.4 cm³/mol. The molecule has 1 N–H and O–H groups in total. The molecular weight excluding hydrogens is 238 g/mol. The van der Waals surface area contributed by atoms with Gasteiger partial charge in [-0.25, -0.2) is 0 Å². The Labute approximate surface area is 115 Å². The maximum Gasteiger partial charge on any atom is 0.254 e. The number of hydrogen-bond acceptors (Lipinski definition) is 2. The molecule has 0 aromatic heterocycles. The van der Waals surface area contributed by atoms with Crippen molar-refractivity contribution in [1.82, 2.24) is 4.90 Å². The van der Waals surface area contributed by atoms with Crippen LogP contribution in [0.3, 0.4) is 0 Å². The van der Waals surface area contributed by atoms with Gasteiger partial charge < -0.3 is 10.0 Å². The smallest absolute Gasteiger partial charge is 0.254 e. The second kappa shape index (κ2) is 6.09. The second-order valence-electron chi connectivity index (χ2n) is 5.47. The standard InChI is InChI=1S/C16H23NO2/c1-3-5-13-8-10-17(11-9-13)16(19)14-6-4-7-15(18)12(14)2/h4,6-7,13,18H,3,5,8-11H2,1-2H3. The zero-order valence-electron chi connectivity index (χ0n) is 11.9. The third-order valence-corrected chi connectivity index (χ3v) is 4.13. The second-order valence-corrected chi connectivity index (χ2v) is 5.47. The predicted octanol–water partition coefficient (Wildman–Crippen LogP) is 3.35. The van der Waals surface area contributed by atoms with Gasteiger partial charge in [-0.3, -0.25) is 4.79 Å². The summed E-state index contributed by atoms with van der Waals surface area (Å²) in [6.07, 6.45) is 4.71. The largest absolute Gasteiger partial charge is 0.508 e. The van der Waals surface area contributed by atoms with Crippen LogP contribution in [0.15, 0.2) is 18.2 Å². The van der Waals surface area contributed by atoms with Crippen molar-refractivity contribution in [1.29, 1.82) is 0 Å². The zero-order chi connectivity index (χ0) is 13.8. The van der Waals surface area contributed by atoms with Crippen molar-refractivity contribution >= 4 is 5.91 Å². The molecule has 0 radical (unpaired) electrons. The Morgan fingerprint density at radius 1 is 1.37 bits per heavy atom. The van der Waals surface area contributed by atoms with Crippen LogP contribution >= 0.6 is 0 Å². The number of rotatable bonds is 3. The number of carbonyl (C=O) groups is 1. The number of phenolic OH excluding ortho intramolecular Hbond substituents is 1. The first kappa shape index (κ1) is 13.9. The van der Waals surface area contributed by atoms with Crippen molar-refractivity contribution in [3.63, 3.8) is 0 Å². The molecular formula is C16H23NO2. The maximum atomic E-state index is 12.5. The molecule has 1 aliphatic heterocycles. The number of nitrogens with zero attached hydrogens (tertiary/aromatic N) is 1. The lowest BCUT2D eigenvalue weighted by molar-refractivity contribution is 0.0685. The average molecular weight is 261 g/mol.